The molecule has 4 rings (SSSR count). The van der Waals surface area contributed by atoms with Gasteiger partial charge >= 0.3 is 6.18 Å². The highest BCUT2D eigenvalue weighted by Gasteiger charge is 2.36. The first-order valence-corrected chi connectivity index (χ1v) is 9.31. The Hall–Kier alpha value is -3.19. The van der Waals surface area contributed by atoms with Crippen molar-refractivity contribution in [2.24, 2.45) is 5.73 Å². The molecule has 0 amide bonds. The van der Waals surface area contributed by atoms with Gasteiger partial charge in [0, 0.05) is 19.3 Å². The summed E-state index contributed by atoms with van der Waals surface area (Å²) in [6, 6.07) is 6.39. The molecule has 1 fully saturated rings. The number of imidazole rings is 1. The molecular weight excluding hydrogens is 400 g/mol. The smallest absolute Gasteiger partial charge is 0.340 e. The zero-order valence-corrected chi connectivity index (χ0v) is 15.8. The predicted octanol–water partition coefficient (Wildman–Crippen LogP) is 3.92. The highest BCUT2D eigenvalue weighted by atomic mass is 19.4. The summed E-state index contributed by atoms with van der Waals surface area (Å²) < 4.78 is 56.1. The van der Waals surface area contributed by atoms with E-state index in [1.165, 1.54) is 12.3 Å². The van der Waals surface area contributed by atoms with Crippen LogP contribution in [-0.4, -0.2) is 39.8 Å². The minimum Gasteiger partial charge on any atom is -0.340 e. The maximum Gasteiger partial charge on any atom is 0.418 e. The van der Waals surface area contributed by atoms with Gasteiger partial charge in [0.15, 0.2) is 0 Å². The number of fused-ring (bicyclic) bond motifs is 1. The van der Waals surface area contributed by atoms with E-state index in [0.29, 0.717) is 29.4 Å². The number of aromatic nitrogens is 3. The summed E-state index contributed by atoms with van der Waals surface area (Å²) in [4.78, 5) is 13.5. The second-order valence-corrected chi connectivity index (χ2v) is 7.20. The van der Waals surface area contributed by atoms with Crippen molar-refractivity contribution in [1.82, 2.24) is 14.5 Å². The molecule has 30 heavy (non-hydrogen) atoms. The Morgan fingerprint density at radius 3 is 2.67 bits per heavy atom. The molecule has 0 bridgehead atoms. The number of pyridine rings is 1. The van der Waals surface area contributed by atoms with Gasteiger partial charge in [0.2, 0.25) is 11.6 Å². The molecule has 2 aromatic heterocycles. The average Bonchev–Trinajstić information content (AvgIpc) is 3.08. The number of para-hydroxylation sites is 1. The third kappa shape index (κ3) is 3.68. The fourth-order valence-corrected chi connectivity index (χ4v) is 3.63. The summed E-state index contributed by atoms with van der Waals surface area (Å²) in [5.74, 6) is 0.292. The predicted molar refractivity (Wildman–Crippen MR) is 104 cm³/mol. The number of piperidine rings is 1. The lowest BCUT2D eigenvalue weighted by Crippen LogP contribution is -2.50. The Labute approximate surface area is 169 Å². The first-order valence-electron chi connectivity index (χ1n) is 9.31. The van der Waals surface area contributed by atoms with Crippen LogP contribution in [0.3, 0.4) is 0 Å². The van der Waals surface area contributed by atoms with Gasteiger partial charge in [-0.15, -0.1) is 0 Å². The Morgan fingerprint density at radius 1 is 1.23 bits per heavy atom. The van der Waals surface area contributed by atoms with Gasteiger partial charge in [0.05, 0.1) is 35.9 Å². The van der Waals surface area contributed by atoms with Crippen LogP contribution in [0.2, 0.25) is 0 Å². The van der Waals surface area contributed by atoms with Gasteiger partial charge in [-0.1, -0.05) is 12.1 Å². The normalized spacial score (nSPS) is 19.8. The summed E-state index contributed by atoms with van der Waals surface area (Å²) >= 11 is 0. The monoisotopic (exact) mass is 418 g/mol. The van der Waals surface area contributed by atoms with E-state index in [-0.39, 0.29) is 25.0 Å². The SMILES string of the molecule is [C-]#[N+]c1ccc(Cn2c(N3CC[C@H](F)[C@H](N)C3)nc3c(C(F)(F)F)cccc32)nc1. The topological polar surface area (TPSA) is 64.3 Å². The fourth-order valence-electron chi connectivity index (χ4n) is 3.63. The van der Waals surface area contributed by atoms with Crippen LogP contribution >= 0.6 is 0 Å². The van der Waals surface area contributed by atoms with Gasteiger partial charge < -0.3 is 15.2 Å². The number of anilines is 1. The lowest BCUT2D eigenvalue weighted by Gasteiger charge is -2.34. The molecule has 156 valence electrons. The van der Waals surface area contributed by atoms with Crippen LogP contribution in [0.1, 0.15) is 17.7 Å². The van der Waals surface area contributed by atoms with Crippen LogP contribution in [0, 0.1) is 6.57 Å². The molecular formula is C20H18F4N6. The van der Waals surface area contributed by atoms with Crippen LogP contribution in [0.25, 0.3) is 15.9 Å². The van der Waals surface area contributed by atoms with Crippen LogP contribution in [-0.2, 0) is 12.7 Å². The molecule has 1 aliphatic heterocycles. The molecule has 6 nitrogen and oxygen atoms in total. The highest BCUT2D eigenvalue weighted by molar-refractivity contribution is 5.83. The number of alkyl halides is 4. The van der Waals surface area contributed by atoms with Gasteiger partial charge in [-0.25, -0.2) is 14.2 Å². The van der Waals surface area contributed by atoms with Crippen molar-refractivity contribution in [2.45, 2.75) is 31.4 Å². The van der Waals surface area contributed by atoms with Gasteiger partial charge in [0.25, 0.3) is 0 Å². The molecule has 0 saturated carbocycles. The van der Waals surface area contributed by atoms with E-state index in [2.05, 4.69) is 14.8 Å². The molecule has 0 radical (unpaired) electrons. The Morgan fingerprint density at radius 2 is 2.03 bits per heavy atom. The largest absolute Gasteiger partial charge is 0.418 e. The minimum atomic E-state index is -4.56. The van der Waals surface area contributed by atoms with Gasteiger partial charge in [0.1, 0.15) is 11.7 Å². The number of nitrogens with two attached hydrogens (primary N) is 1. The van der Waals surface area contributed by atoms with Gasteiger partial charge in [-0.3, -0.25) is 4.98 Å². The molecule has 2 atom stereocenters. The van der Waals surface area contributed by atoms with Crippen molar-refractivity contribution < 1.29 is 17.6 Å². The van der Waals surface area contributed by atoms with Crippen molar-refractivity contribution in [2.75, 3.05) is 18.0 Å². The third-order valence-corrected chi connectivity index (χ3v) is 5.18. The molecule has 1 saturated heterocycles. The summed E-state index contributed by atoms with van der Waals surface area (Å²) in [5.41, 5.74) is 6.08. The van der Waals surface area contributed by atoms with Crippen LogP contribution in [0.5, 0.6) is 0 Å². The highest BCUT2D eigenvalue weighted by Crippen LogP contribution is 2.36. The summed E-state index contributed by atoms with van der Waals surface area (Å²) in [5, 5.41) is 0. The maximum absolute atomic E-state index is 13.8. The quantitative estimate of drug-likeness (QED) is 0.517. The third-order valence-electron chi connectivity index (χ3n) is 5.18. The molecule has 3 aromatic rings. The molecule has 0 unspecified atom stereocenters. The number of nitrogens with zero attached hydrogens (tertiary/aromatic N) is 5. The number of rotatable bonds is 3. The van der Waals surface area contributed by atoms with E-state index in [0.717, 1.165) is 6.07 Å². The first-order chi connectivity index (χ1) is 14.3. The molecule has 2 N–H and O–H groups in total. The molecule has 1 aliphatic rings. The van der Waals surface area contributed by atoms with E-state index < -0.39 is 24.0 Å². The molecule has 3 heterocycles. The summed E-state index contributed by atoms with van der Waals surface area (Å²) in [6.45, 7) is 7.61. The Kier molecular flexibility index (Phi) is 5.07. The number of halogens is 4. The molecule has 1 aromatic carbocycles. The van der Waals surface area contributed by atoms with Crippen molar-refractivity contribution in [3.05, 3.63) is 59.2 Å². The average molecular weight is 418 g/mol. The minimum absolute atomic E-state index is 0.149. The summed E-state index contributed by atoms with van der Waals surface area (Å²) in [7, 11) is 0. The van der Waals surface area contributed by atoms with Gasteiger partial charge in [-0.05, 0) is 24.6 Å². The second-order valence-electron chi connectivity index (χ2n) is 7.20. The van der Waals surface area contributed by atoms with Crippen LogP contribution in [0.15, 0.2) is 36.5 Å². The van der Waals surface area contributed by atoms with Crippen molar-refractivity contribution in [1.29, 1.82) is 0 Å². The second kappa shape index (κ2) is 7.57. The number of hydrogen-bond donors (Lipinski definition) is 1. The fraction of sp³-hybridized carbons (Fsp3) is 0.350. The first kappa shape index (κ1) is 20.1. The van der Waals surface area contributed by atoms with E-state index in [9.17, 15) is 17.6 Å². The molecule has 0 aliphatic carbocycles. The van der Waals surface area contributed by atoms with Crippen LogP contribution < -0.4 is 10.6 Å². The summed E-state index contributed by atoms with van der Waals surface area (Å²) in [6.07, 6.45) is -4.14. The van der Waals surface area contributed by atoms with Crippen molar-refractivity contribution in [3.63, 3.8) is 0 Å². The number of benzene rings is 1. The Balaban J connectivity index is 1.83. The van der Waals surface area contributed by atoms with E-state index >= 15 is 0 Å². The van der Waals surface area contributed by atoms with Crippen molar-refractivity contribution >= 4 is 22.7 Å². The van der Waals surface area contributed by atoms with Crippen molar-refractivity contribution in [3.8, 4) is 0 Å². The zero-order valence-electron chi connectivity index (χ0n) is 15.8. The lowest BCUT2D eigenvalue weighted by atomic mass is 10.1. The van der Waals surface area contributed by atoms with E-state index in [1.54, 1.807) is 27.7 Å². The van der Waals surface area contributed by atoms with Gasteiger partial charge in [-0.2, -0.15) is 13.2 Å². The lowest BCUT2D eigenvalue weighted by molar-refractivity contribution is -0.136. The Bertz CT molecular complexity index is 1100. The molecule has 10 heteroatoms. The van der Waals surface area contributed by atoms with Crippen LogP contribution in [0.4, 0.5) is 29.2 Å². The zero-order chi connectivity index (χ0) is 21.5. The maximum atomic E-state index is 13.8. The standard InChI is InChI=1S/C20H18F4N6/c1-26-12-5-6-13(27-9-12)10-30-17-4-2-3-14(20(22,23)24)18(17)28-19(30)29-8-7-15(21)16(25)11-29/h2-6,9,15-16H,7-8,10-11,25H2/t15-,16+/m0/s1. The van der Waals surface area contributed by atoms with E-state index in [1.807, 2.05) is 0 Å². The number of hydrogen-bond acceptors (Lipinski definition) is 4. The van der Waals surface area contributed by atoms with E-state index in [4.69, 9.17) is 12.3 Å². The molecule has 0 spiro atoms.